The second kappa shape index (κ2) is 7.35. The molecule has 4 heteroatoms. The lowest BCUT2D eigenvalue weighted by Gasteiger charge is -2.21. The summed E-state index contributed by atoms with van der Waals surface area (Å²) < 4.78 is 5.75. The molecule has 126 valence electrons. The SMILES string of the molecule is CC(C)COc1cccc(C(=O)N2CC[C@@H]3CNC[C@@H]3CC2)c1. The summed E-state index contributed by atoms with van der Waals surface area (Å²) in [5, 5.41) is 3.48. The maximum absolute atomic E-state index is 12.8. The number of benzene rings is 1. The largest absolute Gasteiger partial charge is 0.493 e. The lowest BCUT2D eigenvalue weighted by Crippen LogP contribution is -2.32. The third-order valence-corrected chi connectivity index (χ3v) is 4.97. The number of nitrogens with one attached hydrogen (secondary N) is 1. The summed E-state index contributed by atoms with van der Waals surface area (Å²) in [6.07, 6.45) is 2.24. The number of hydrogen-bond donors (Lipinski definition) is 1. The van der Waals surface area contributed by atoms with Crippen LogP contribution in [0.1, 0.15) is 37.0 Å². The number of hydrogen-bond acceptors (Lipinski definition) is 3. The Morgan fingerprint density at radius 3 is 2.61 bits per heavy atom. The van der Waals surface area contributed by atoms with Gasteiger partial charge in [0.25, 0.3) is 5.91 Å². The van der Waals surface area contributed by atoms with Crippen molar-refractivity contribution in [2.75, 3.05) is 32.8 Å². The van der Waals surface area contributed by atoms with Crippen LogP contribution in [0.25, 0.3) is 0 Å². The molecule has 0 bridgehead atoms. The van der Waals surface area contributed by atoms with E-state index in [4.69, 9.17) is 4.74 Å². The van der Waals surface area contributed by atoms with Crippen LogP contribution in [-0.2, 0) is 0 Å². The molecule has 2 fully saturated rings. The summed E-state index contributed by atoms with van der Waals surface area (Å²) >= 11 is 0. The molecule has 2 aliphatic rings. The minimum atomic E-state index is 0.146. The van der Waals surface area contributed by atoms with Crippen LogP contribution in [0.3, 0.4) is 0 Å². The molecule has 1 aromatic rings. The molecule has 0 radical (unpaired) electrons. The summed E-state index contributed by atoms with van der Waals surface area (Å²) in [6.45, 7) is 8.90. The van der Waals surface area contributed by atoms with E-state index < -0.39 is 0 Å². The standard InChI is InChI=1S/C19H28N2O2/c1-14(2)13-23-18-5-3-4-15(10-18)19(22)21-8-6-16-11-20-12-17(16)7-9-21/h3-5,10,14,16-17,20H,6-9,11-13H2,1-2H3/t16-,17+. The van der Waals surface area contributed by atoms with Crippen LogP contribution in [0.15, 0.2) is 24.3 Å². The highest BCUT2D eigenvalue weighted by atomic mass is 16.5. The molecule has 4 nitrogen and oxygen atoms in total. The molecular formula is C19H28N2O2. The fourth-order valence-electron chi connectivity index (χ4n) is 3.59. The first-order valence-corrected chi connectivity index (χ1v) is 8.86. The van der Waals surface area contributed by atoms with Crippen molar-refractivity contribution in [2.24, 2.45) is 17.8 Å². The second-order valence-corrected chi connectivity index (χ2v) is 7.28. The second-order valence-electron chi connectivity index (χ2n) is 7.28. The van der Waals surface area contributed by atoms with E-state index >= 15 is 0 Å². The topological polar surface area (TPSA) is 41.6 Å². The van der Waals surface area contributed by atoms with E-state index in [9.17, 15) is 4.79 Å². The van der Waals surface area contributed by atoms with Crippen molar-refractivity contribution in [3.05, 3.63) is 29.8 Å². The van der Waals surface area contributed by atoms with Crippen molar-refractivity contribution in [1.29, 1.82) is 0 Å². The van der Waals surface area contributed by atoms with Crippen molar-refractivity contribution >= 4 is 5.91 Å². The van der Waals surface area contributed by atoms with Gasteiger partial charge in [-0.05, 0) is 61.9 Å². The molecule has 2 heterocycles. The Balaban J connectivity index is 1.64. The van der Waals surface area contributed by atoms with Crippen molar-refractivity contribution in [1.82, 2.24) is 10.2 Å². The lowest BCUT2D eigenvalue weighted by molar-refractivity contribution is 0.0758. The number of nitrogens with zero attached hydrogens (tertiary/aromatic N) is 1. The maximum atomic E-state index is 12.8. The number of ether oxygens (including phenoxy) is 1. The highest BCUT2D eigenvalue weighted by Crippen LogP contribution is 2.28. The molecule has 1 N–H and O–H groups in total. The predicted octanol–water partition coefficient (Wildman–Crippen LogP) is 2.79. The molecule has 0 spiro atoms. The number of rotatable bonds is 4. The van der Waals surface area contributed by atoms with Gasteiger partial charge in [-0.25, -0.2) is 0 Å². The van der Waals surface area contributed by atoms with Gasteiger partial charge in [0.05, 0.1) is 6.61 Å². The molecular weight excluding hydrogens is 288 g/mol. The van der Waals surface area contributed by atoms with Crippen LogP contribution in [0.2, 0.25) is 0 Å². The molecule has 23 heavy (non-hydrogen) atoms. The van der Waals surface area contributed by atoms with Gasteiger partial charge >= 0.3 is 0 Å². The molecule has 0 aromatic heterocycles. The fourth-order valence-corrected chi connectivity index (χ4v) is 3.59. The minimum absolute atomic E-state index is 0.146. The Labute approximate surface area is 139 Å². The van der Waals surface area contributed by atoms with Gasteiger partial charge in [-0.1, -0.05) is 19.9 Å². The average Bonchev–Trinajstić information content (AvgIpc) is 2.91. The van der Waals surface area contributed by atoms with Crippen molar-refractivity contribution in [2.45, 2.75) is 26.7 Å². The van der Waals surface area contributed by atoms with Crippen LogP contribution in [0.5, 0.6) is 5.75 Å². The van der Waals surface area contributed by atoms with Crippen LogP contribution in [-0.4, -0.2) is 43.6 Å². The first-order chi connectivity index (χ1) is 11.1. The molecule has 0 aliphatic carbocycles. The summed E-state index contributed by atoms with van der Waals surface area (Å²) in [6, 6.07) is 7.63. The Morgan fingerprint density at radius 2 is 1.96 bits per heavy atom. The zero-order valence-electron chi connectivity index (χ0n) is 14.3. The quantitative estimate of drug-likeness (QED) is 0.929. The van der Waals surface area contributed by atoms with E-state index in [1.165, 1.54) is 0 Å². The summed E-state index contributed by atoms with van der Waals surface area (Å²) in [4.78, 5) is 14.8. The summed E-state index contributed by atoms with van der Waals surface area (Å²) in [5.41, 5.74) is 0.747. The van der Waals surface area contributed by atoms with E-state index in [-0.39, 0.29) is 5.91 Å². The van der Waals surface area contributed by atoms with Gasteiger partial charge in [-0.3, -0.25) is 4.79 Å². The highest BCUT2D eigenvalue weighted by Gasteiger charge is 2.31. The van der Waals surface area contributed by atoms with Crippen LogP contribution in [0.4, 0.5) is 0 Å². The van der Waals surface area contributed by atoms with Crippen LogP contribution in [0, 0.1) is 17.8 Å². The van der Waals surface area contributed by atoms with Crippen LogP contribution < -0.4 is 10.1 Å². The minimum Gasteiger partial charge on any atom is -0.493 e. The van der Waals surface area contributed by atoms with Gasteiger partial charge in [-0.15, -0.1) is 0 Å². The highest BCUT2D eigenvalue weighted by molar-refractivity contribution is 5.94. The third-order valence-electron chi connectivity index (χ3n) is 4.97. The van der Waals surface area contributed by atoms with Crippen molar-refractivity contribution < 1.29 is 9.53 Å². The Morgan fingerprint density at radius 1 is 1.26 bits per heavy atom. The monoisotopic (exact) mass is 316 g/mol. The van der Waals surface area contributed by atoms with Gasteiger partial charge in [0.15, 0.2) is 0 Å². The maximum Gasteiger partial charge on any atom is 0.253 e. The lowest BCUT2D eigenvalue weighted by atomic mass is 9.92. The Hall–Kier alpha value is -1.55. The predicted molar refractivity (Wildman–Crippen MR) is 91.8 cm³/mol. The first-order valence-electron chi connectivity index (χ1n) is 8.86. The zero-order valence-corrected chi connectivity index (χ0v) is 14.3. The normalized spacial score (nSPS) is 24.4. The van der Waals surface area contributed by atoms with E-state index in [2.05, 4.69) is 19.2 Å². The summed E-state index contributed by atoms with van der Waals surface area (Å²) in [7, 11) is 0. The van der Waals surface area contributed by atoms with E-state index in [0.29, 0.717) is 12.5 Å². The number of likely N-dealkylation sites (tertiary alicyclic amines) is 1. The number of carbonyl (C=O) groups is 1. The van der Waals surface area contributed by atoms with Crippen LogP contribution >= 0.6 is 0 Å². The van der Waals surface area contributed by atoms with Gasteiger partial charge < -0.3 is 15.0 Å². The molecule has 0 unspecified atom stereocenters. The first kappa shape index (κ1) is 16.3. The molecule has 0 saturated carbocycles. The average molecular weight is 316 g/mol. The van der Waals surface area contributed by atoms with Crippen molar-refractivity contribution in [3.8, 4) is 5.75 Å². The number of carbonyl (C=O) groups excluding carboxylic acids is 1. The molecule has 1 aromatic carbocycles. The molecule has 3 rings (SSSR count). The number of fused-ring (bicyclic) bond motifs is 1. The smallest absolute Gasteiger partial charge is 0.253 e. The zero-order chi connectivity index (χ0) is 16.2. The van der Waals surface area contributed by atoms with Crippen molar-refractivity contribution in [3.63, 3.8) is 0 Å². The van der Waals surface area contributed by atoms with Gasteiger partial charge in [0.1, 0.15) is 5.75 Å². The third kappa shape index (κ3) is 4.05. The van der Waals surface area contributed by atoms with E-state index in [0.717, 1.165) is 62.2 Å². The van der Waals surface area contributed by atoms with E-state index in [1.54, 1.807) is 0 Å². The number of amides is 1. The Bertz CT molecular complexity index is 530. The van der Waals surface area contributed by atoms with Gasteiger partial charge in [-0.2, -0.15) is 0 Å². The van der Waals surface area contributed by atoms with E-state index in [1.807, 2.05) is 29.2 Å². The summed E-state index contributed by atoms with van der Waals surface area (Å²) in [5.74, 6) is 2.91. The van der Waals surface area contributed by atoms with Gasteiger partial charge in [0.2, 0.25) is 0 Å². The molecule has 2 aliphatic heterocycles. The Kier molecular flexibility index (Phi) is 5.21. The molecule has 2 atom stereocenters. The molecule has 2 saturated heterocycles. The fraction of sp³-hybridized carbons (Fsp3) is 0.632. The van der Waals surface area contributed by atoms with Gasteiger partial charge in [0, 0.05) is 18.7 Å². The molecule has 1 amide bonds.